The Hall–Kier alpha value is -0.170. The van der Waals surface area contributed by atoms with Gasteiger partial charge in [-0.2, -0.15) is 0 Å². The zero-order valence-electron chi connectivity index (χ0n) is 8.02. The van der Waals surface area contributed by atoms with Gasteiger partial charge in [-0.1, -0.05) is 4.47 Å². The second kappa shape index (κ2) is 3.20. The summed E-state index contributed by atoms with van der Waals surface area (Å²) in [5.74, 6) is 0. The molecule has 0 aromatic heterocycles. The molecule has 13 heavy (non-hydrogen) atoms. The van der Waals surface area contributed by atoms with Crippen molar-refractivity contribution in [2.75, 3.05) is 13.2 Å². The number of aliphatic hydroxyl groups is 1. The minimum atomic E-state index is -3.46. The highest BCUT2D eigenvalue weighted by atomic mass is 32.2. The molecule has 1 atom stereocenters. The molecule has 78 valence electrons. The molecule has 1 heterocycles. The van der Waals surface area contributed by atoms with Crippen molar-refractivity contribution in [1.29, 1.82) is 0 Å². The standard InChI is InChI=1S/C7H15NO4S/c1-7(2,3)13(10,11)8-4-6(9)5-12-8/h6,9H,4-5H2,1-3H3. The highest BCUT2D eigenvalue weighted by Gasteiger charge is 2.40. The Morgan fingerprint density at radius 1 is 1.46 bits per heavy atom. The zero-order chi connectivity index (χ0) is 10.3. The van der Waals surface area contributed by atoms with E-state index in [4.69, 9.17) is 9.94 Å². The monoisotopic (exact) mass is 209 g/mol. The van der Waals surface area contributed by atoms with E-state index in [9.17, 15) is 8.42 Å². The Morgan fingerprint density at radius 3 is 2.31 bits per heavy atom. The summed E-state index contributed by atoms with van der Waals surface area (Å²) in [6.07, 6.45) is -0.711. The average molecular weight is 209 g/mol. The summed E-state index contributed by atoms with van der Waals surface area (Å²) >= 11 is 0. The molecule has 5 nitrogen and oxygen atoms in total. The highest BCUT2D eigenvalue weighted by Crippen LogP contribution is 2.23. The van der Waals surface area contributed by atoms with E-state index >= 15 is 0 Å². The number of hydroxylamine groups is 1. The third kappa shape index (κ3) is 2.01. The third-order valence-electron chi connectivity index (χ3n) is 1.81. The van der Waals surface area contributed by atoms with Crippen molar-refractivity contribution < 1.29 is 18.4 Å². The lowest BCUT2D eigenvalue weighted by molar-refractivity contribution is -0.0334. The Kier molecular flexibility index (Phi) is 2.68. The summed E-state index contributed by atoms with van der Waals surface area (Å²) in [4.78, 5) is 4.85. The number of rotatable bonds is 1. The molecule has 0 aliphatic carbocycles. The molecule has 1 aliphatic heterocycles. The van der Waals surface area contributed by atoms with Crippen molar-refractivity contribution in [3.63, 3.8) is 0 Å². The van der Waals surface area contributed by atoms with Crippen molar-refractivity contribution in [2.24, 2.45) is 0 Å². The van der Waals surface area contributed by atoms with E-state index in [0.29, 0.717) is 0 Å². The van der Waals surface area contributed by atoms with Crippen molar-refractivity contribution in [3.05, 3.63) is 0 Å². The van der Waals surface area contributed by atoms with Gasteiger partial charge in [-0.15, -0.1) is 0 Å². The topological polar surface area (TPSA) is 66.8 Å². The maximum absolute atomic E-state index is 11.7. The summed E-state index contributed by atoms with van der Waals surface area (Å²) in [6, 6.07) is 0. The molecule has 0 radical (unpaired) electrons. The number of hydrogen-bond acceptors (Lipinski definition) is 4. The van der Waals surface area contributed by atoms with Gasteiger partial charge in [-0.05, 0) is 20.8 Å². The first-order valence-corrected chi connectivity index (χ1v) is 5.52. The van der Waals surface area contributed by atoms with E-state index in [-0.39, 0.29) is 13.2 Å². The molecule has 0 spiro atoms. The van der Waals surface area contributed by atoms with Crippen LogP contribution in [0, 0.1) is 0 Å². The van der Waals surface area contributed by atoms with Gasteiger partial charge in [-0.25, -0.2) is 8.42 Å². The molecule has 1 aliphatic rings. The fourth-order valence-electron chi connectivity index (χ4n) is 0.920. The predicted molar refractivity (Wildman–Crippen MR) is 47.3 cm³/mol. The minimum absolute atomic E-state index is 0.0274. The van der Waals surface area contributed by atoms with Crippen LogP contribution in [-0.2, 0) is 14.9 Å². The number of nitrogens with zero attached hydrogens (tertiary/aromatic N) is 1. The van der Waals surface area contributed by atoms with Crippen molar-refractivity contribution in [3.8, 4) is 0 Å². The molecule has 1 fully saturated rings. The van der Waals surface area contributed by atoms with Crippen LogP contribution in [0.4, 0.5) is 0 Å². The van der Waals surface area contributed by atoms with Crippen LogP contribution in [0.15, 0.2) is 0 Å². The second-order valence-corrected chi connectivity index (χ2v) is 6.63. The molecule has 6 heteroatoms. The molecule has 1 rings (SSSR count). The van der Waals surface area contributed by atoms with Gasteiger partial charge in [0, 0.05) is 0 Å². The van der Waals surface area contributed by atoms with Gasteiger partial charge in [0.2, 0.25) is 10.0 Å². The lowest BCUT2D eigenvalue weighted by Crippen LogP contribution is -2.41. The third-order valence-corrected chi connectivity index (χ3v) is 4.15. The van der Waals surface area contributed by atoms with Crippen LogP contribution in [0.25, 0.3) is 0 Å². The normalized spacial score (nSPS) is 26.6. The van der Waals surface area contributed by atoms with Crippen LogP contribution in [0.2, 0.25) is 0 Å². The predicted octanol–water partition coefficient (Wildman–Crippen LogP) is -0.277. The molecular weight excluding hydrogens is 194 g/mol. The first-order chi connectivity index (χ1) is 5.75. The first-order valence-electron chi connectivity index (χ1n) is 4.08. The second-order valence-electron chi connectivity index (χ2n) is 4.05. The van der Waals surface area contributed by atoms with Gasteiger partial charge in [0.15, 0.2) is 0 Å². The number of hydrogen-bond donors (Lipinski definition) is 1. The molecule has 0 aromatic carbocycles. The maximum atomic E-state index is 11.7. The Balaban J connectivity index is 2.84. The van der Waals surface area contributed by atoms with E-state index in [1.165, 1.54) is 0 Å². The smallest absolute Gasteiger partial charge is 0.241 e. The molecule has 0 aromatic rings. The van der Waals surface area contributed by atoms with Crippen molar-refractivity contribution >= 4 is 10.0 Å². The lowest BCUT2D eigenvalue weighted by atomic mass is 10.3. The maximum Gasteiger partial charge on any atom is 0.241 e. The number of aliphatic hydroxyl groups excluding tert-OH is 1. The van der Waals surface area contributed by atoms with Crippen LogP contribution in [-0.4, -0.2) is 42.0 Å². The fraction of sp³-hybridized carbons (Fsp3) is 1.00. The fourth-order valence-corrected chi connectivity index (χ4v) is 2.10. The quantitative estimate of drug-likeness (QED) is 0.645. The van der Waals surface area contributed by atoms with Crippen LogP contribution < -0.4 is 0 Å². The SMILES string of the molecule is CC(C)(C)S(=O)(=O)N1CC(O)CO1. The molecule has 0 saturated carbocycles. The van der Waals surface area contributed by atoms with Gasteiger partial charge in [0.05, 0.1) is 24.0 Å². The van der Waals surface area contributed by atoms with E-state index in [1.54, 1.807) is 20.8 Å². The molecule has 1 N–H and O–H groups in total. The Bertz CT molecular complexity index is 279. The molecule has 1 saturated heterocycles. The summed E-state index contributed by atoms with van der Waals surface area (Å²) in [5, 5.41) is 9.10. The molecule has 0 amide bonds. The summed E-state index contributed by atoms with van der Waals surface area (Å²) in [7, 11) is -3.46. The van der Waals surface area contributed by atoms with Crippen molar-refractivity contribution in [1.82, 2.24) is 4.47 Å². The average Bonchev–Trinajstić information content (AvgIpc) is 2.33. The molecule has 1 unspecified atom stereocenters. The van der Waals surface area contributed by atoms with E-state index in [0.717, 1.165) is 4.47 Å². The number of β-amino-alcohol motifs (C(OH)–C–C–N with tert-alkyl or cyclic N) is 1. The number of sulfonamides is 1. The summed E-state index contributed by atoms with van der Waals surface area (Å²) in [6.45, 7) is 4.86. The lowest BCUT2D eigenvalue weighted by Gasteiger charge is -2.24. The van der Waals surface area contributed by atoms with Gasteiger partial charge in [0.1, 0.15) is 0 Å². The van der Waals surface area contributed by atoms with Gasteiger partial charge in [0.25, 0.3) is 0 Å². The molecular formula is C7H15NO4S. The summed E-state index contributed by atoms with van der Waals surface area (Å²) < 4.78 is 23.4. The summed E-state index contributed by atoms with van der Waals surface area (Å²) in [5.41, 5.74) is 0. The highest BCUT2D eigenvalue weighted by molar-refractivity contribution is 7.90. The van der Waals surface area contributed by atoms with Crippen molar-refractivity contribution in [2.45, 2.75) is 31.6 Å². The minimum Gasteiger partial charge on any atom is -0.389 e. The Morgan fingerprint density at radius 2 is 2.00 bits per heavy atom. The van der Waals surface area contributed by atoms with Crippen LogP contribution in [0.1, 0.15) is 20.8 Å². The largest absolute Gasteiger partial charge is 0.389 e. The zero-order valence-corrected chi connectivity index (χ0v) is 8.84. The van der Waals surface area contributed by atoms with Crippen LogP contribution >= 0.6 is 0 Å². The van der Waals surface area contributed by atoms with E-state index in [1.807, 2.05) is 0 Å². The van der Waals surface area contributed by atoms with E-state index < -0.39 is 20.9 Å². The first kappa shape index (κ1) is 10.9. The van der Waals surface area contributed by atoms with Gasteiger partial charge >= 0.3 is 0 Å². The van der Waals surface area contributed by atoms with Gasteiger partial charge < -0.3 is 5.11 Å². The van der Waals surface area contributed by atoms with Gasteiger partial charge in [-0.3, -0.25) is 4.84 Å². The Labute approximate surface area is 78.3 Å². The molecule has 0 bridgehead atoms. The van der Waals surface area contributed by atoms with E-state index in [2.05, 4.69) is 0 Å². The van der Waals surface area contributed by atoms with Crippen LogP contribution in [0.5, 0.6) is 0 Å². The van der Waals surface area contributed by atoms with Crippen LogP contribution in [0.3, 0.4) is 0 Å².